The maximum atomic E-state index is 5.55. The molecule has 0 unspecified atom stereocenters. The van der Waals surface area contributed by atoms with Gasteiger partial charge in [0.25, 0.3) is 0 Å². The van der Waals surface area contributed by atoms with Crippen molar-refractivity contribution < 1.29 is 4.42 Å². The fraction of sp³-hybridized carbons (Fsp3) is 0.429. The van der Waals surface area contributed by atoms with Crippen molar-refractivity contribution in [2.24, 2.45) is 0 Å². The van der Waals surface area contributed by atoms with Crippen LogP contribution in [-0.2, 0) is 6.42 Å². The molecule has 0 bridgehead atoms. The Morgan fingerprint density at radius 2 is 2.00 bits per heavy atom. The highest BCUT2D eigenvalue weighted by Crippen LogP contribution is 2.21. The van der Waals surface area contributed by atoms with Crippen molar-refractivity contribution >= 4 is 11.0 Å². The summed E-state index contributed by atoms with van der Waals surface area (Å²) < 4.78 is 5.55. The molecule has 0 spiro atoms. The van der Waals surface area contributed by atoms with Crippen LogP contribution in [0.15, 0.2) is 28.7 Å². The van der Waals surface area contributed by atoms with Crippen molar-refractivity contribution in [1.29, 1.82) is 0 Å². The molecular formula is C14H18O. The van der Waals surface area contributed by atoms with Gasteiger partial charge < -0.3 is 4.42 Å². The van der Waals surface area contributed by atoms with Crippen molar-refractivity contribution in [1.82, 2.24) is 0 Å². The Labute approximate surface area is 91.1 Å². The summed E-state index contributed by atoms with van der Waals surface area (Å²) in [6.07, 6.45) is 5.09. The van der Waals surface area contributed by atoms with Gasteiger partial charge in [-0.1, -0.05) is 25.8 Å². The minimum absolute atomic E-state index is 0.996. The molecule has 0 aliphatic heterocycles. The van der Waals surface area contributed by atoms with Crippen LogP contribution in [0.5, 0.6) is 0 Å². The van der Waals surface area contributed by atoms with Crippen molar-refractivity contribution in [3.05, 3.63) is 35.6 Å². The molecule has 80 valence electrons. The van der Waals surface area contributed by atoms with E-state index in [-0.39, 0.29) is 0 Å². The van der Waals surface area contributed by atoms with Crippen molar-refractivity contribution in [2.75, 3.05) is 0 Å². The lowest BCUT2D eigenvalue weighted by Gasteiger charge is -1.99. The Kier molecular flexibility index (Phi) is 3.10. The van der Waals surface area contributed by atoms with E-state index in [2.05, 4.69) is 31.2 Å². The average Bonchev–Trinajstić information content (AvgIpc) is 2.57. The maximum absolute atomic E-state index is 5.55. The summed E-state index contributed by atoms with van der Waals surface area (Å²) in [5.41, 5.74) is 2.43. The average molecular weight is 202 g/mol. The molecule has 2 aromatic rings. The first-order valence-electron chi connectivity index (χ1n) is 5.78. The van der Waals surface area contributed by atoms with Gasteiger partial charge in [-0.15, -0.1) is 0 Å². The smallest absolute Gasteiger partial charge is 0.134 e. The molecule has 1 nitrogen and oxygen atoms in total. The molecule has 1 aromatic carbocycles. The first-order chi connectivity index (χ1) is 7.29. The lowest BCUT2D eigenvalue weighted by atomic mass is 10.1. The minimum Gasteiger partial charge on any atom is -0.461 e. The quantitative estimate of drug-likeness (QED) is 0.666. The predicted molar refractivity (Wildman–Crippen MR) is 64.2 cm³/mol. The fourth-order valence-electron chi connectivity index (χ4n) is 1.96. The van der Waals surface area contributed by atoms with Crippen LogP contribution >= 0.6 is 0 Å². The highest BCUT2D eigenvalue weighted by Gasteiger charge is 2.01. The normalized spacial score (nSPS) is 11.1. The highest BCUT2D eigenvalue weighted by atomic mass is 16.3. The Balaban J connectivity index is 2.15. The summed E-state index contributed by atoms with van der Waals surface area (Å²) >= 11 is 0. The second-order valence-corrected chi connectivity index (χ2v) is 4.19. The fourth-order valence-corrected chi connectivity index (χ4v) is 1.96. The third kappa shape index (κ3) is 2.41. The molecule has 1 heteroatoms. The number of rotatable bonds is 4. The van der Waals surface area contributed by atoms with E-state index in [1.807, 2.05) is 6.92 Å². The third-order valence-corrected chi connectivity index (χ3v) is 2.77. The second kappa shape index (κ2) is 4.52. The Hall–Kier alpha value is -1.24. The lowest BCUT2D eigenvalue weighted by Crippen LogP contribution is -1.84. The Morgan fingerprint density at radius 1 is 1.13 bits per heavy atom. The Bertz CT molecular complexity index is 440. The molecule has 0 aliphatic rings. The van der Waals surface area contributed by atoms with Gasteiger partial charge in [0.05, 0.1) is 0 Å². The van der Waals surface area contributed by atoms with Gasteiger partial charge in [-0.05, 0) is 43.5 Å². The van der Waals surface area contributed by atoms with Crippen LogP contribution in [0.3, 0.4) is 0 Å². The van der Waals surface area contributed by atoms with Gasteiger partial charge >= 0.3 is 0 Å². The van der Waals surface area contributed by atoms with Crippen LogP contribution in [0.1, 0.15) is 37.5 Å². The zero-order chi connectivity index (χ0) is 10.7. The van der Waals surface area contributed by atoms with Gasteiger partial charge in [0, 0.05) is 5.39 Å². The number of hydrogen-bond acceptors (Lipinski definition) is 1. The molecule has 1 aromatic heterocycles. The lowest BCUT2D eigenvalue weighted by molar-refractivity contribution is 0.578. The largest absolute Gasteiger partial charge is 0.461 e. The number of fused-ring (bicyclic) bond motifs is 1. The molecule has 0 amide bonds. The molecule has 0 saturated heterocycles. The topological polar surface area (TPSA) is 13.1 Å². The summed E-state index contributed by atoms with van der Waals surface area (Å²) in [6.45, 7) is 4.24. The zero-order valence-corrected chi connectivity index (χ0v) is 9.55. The van der Waals surface area contributed by atoms with Crippen LogP contribution in [0.4, 0.5) is 0 Å². The van der Waals surface area contributed by atoms with Crippen LogP contribution in [0.25, 0.3) is 11.0 Å². The molecular weight excluding hydrogens is 184 g/mol. The van der Waals surface area contributed by atoms with Gasteiger partial charge in [-0.2, -0.15) is 0 Å². The van der Waals surface area contributed by atoms with E-state index in [0.717, 1.165) is 11.3 Å². The van der Waals surface area contributed by atoms with E-state index >= 15 is 0 Å². The van der Waals surface area contributed by atoms with E-state index in [9.17, 15) is 0 Å². The minimum atomic E-state index is 0.996. The molecule has 0 fully saturated rings. The van der Waals surface area contributed by atoms with E-state index < -0.39 is 0 Å². The molecule has 0 N–H and O–H groups in total. The van der Waals surface area contributed by atoms with Gasteiger partial charge in [0.1, 0.15) is 11.3 Å². The molecule has 1 heterocycles. The summed E-state index contributed by atoms with van der Waals surface area (Å²) in [6, 6.07) is 8.63. The molecule has 2 rings (SSSR count). The van der Waals surface area contributed by atoms with Crippen LogP contribution < -0.4 is 0 Å². The summed E-state index contributed by atoms with van der Waals surface area (Å²) in [5.74, 6) is 0.996. The summed E-state index contributed by atoms with van der Waals surface area (Å²) in [5, 5.41) is 1.24. The monoisotopic (exact) mass is 202 g/mol. The number of hydrogen-bond donors (Lipinski definition) is 0. The van der Waals surface area contributed by atoms with E-state index in [0.29, 0.717) is 0 Å². The predicted octanol–water partition coefficient (Wildman–Crippen LogP) is 4.47. The number of furan rings is 1. The number of aryl methyl sites for hydroxylation is 2. The zero-order valence-electron chi connectivity index (χ0n) is 9.55. The number of benzene rings is 1. The SMILES string of the molecule is CCCCCc1ccc2oc(C)cc2c1. The van der Waals surface area contributed by atoms with Gasteiger partial charge in [-0.3, -0.25) is 0 Å². The Morgan fingerprint density at radius 3 is 2.80 bits per heavy atom. The molecule has 0 radical (unpaired) electrons. The third-order valence-electron chi connectivity index (χ3n) is 2.77. The molecule has 0 aliphatic carbocycles. The van der Waals surface area contributed by atoms with Gasteiger partial charge in [-0.25, -0.2) is 0 Å². The maximum Gasteiger partial charge on any atom is 0.134 e. The second-order valence-electron chi connectivity index (χ2n) is 4.19. The van der Waals surface area contributed by atoms with Crippen molar-refractivity contribution in [3.63, 3.8) is 0 Å². The van der Waals surface area contributed by atoms with E-state index in [4.69, 9.17) is 4.42 Å². The van der Waals surface area contributed by atoms with Crippen LogP contribution in [-0.4, -0.2) is 0 Å². The van der Waals surface area contributed by atoms with Gasteiger partial charge in [0.15, 0.2) is 0 Å². The van der Waals surface area contributed by atoms with E-state index in [1.165, 1.54) is 36.6 Å². The standard InChI is InChI=1S/C14H18O/c1-3-4-5-6-12-7-8-14-13(10-12)9-11(2)15-14/h7-10H,3-6H2,1-2H3. The molecule has 0 atom stereocenters. The summed E-state index contributed by atoms with van der Waals surface area (Å²) in [7, 11) is 0. The van der Waals surface area contributed by atoms with Crippen LogP contribution in [0.2, 0.25) is 0 Å². The summed E-state index contributed by atoms with van der Waals surface area (Å²) in [4.78, 5) is 0. The first kappa shape index (κ1) is 10.3. The van der Waals surface area contributed by atoms with Crippen molar-refractivity contribution in [2.45, 2.75) is 39.5 Å². The molecule has 15 heavy (non-hydrogen) atoms. The molecule has 0 saturated carbocycles. The van der Waals surface area contributed by atoms with Crippen LogP contribution in [0, 0.1) is 6.92 Å². The van der Waals surface area contributed by atoms with Gasteiger partial charge in [0.2, 0.25) is 0 Å². The highest BCUT2D eigenvalue weighted by molar-refractivity contribution is 5.78. The van der Waals surface area contributed by atoms with Crippen molar-refractivity contribution in [3.8, 4) is 0 Å². The first-order valence-corrected chi connectivity index (χ1v) is 5.78. The van der Waals surface area contributed by atoms with E-state index in [1.54, 1.807) is 0 Å². The number of unbranched alkanes of at least 4 members (excludes halogenated alkanes) is 2.